The maximum atomic E-state index is 11.6. The van der Waals surface area contributed by atoms with Crippen LogP contribution < -0.4 is 0 Å². The zero-order valence-electron chi connectivity index (χ0n) is 14.7. The van der Waals surface area contributed by atoms with Gasteiger partial charge in [0.15, 0.2) is 0 Å². The van der Waals surface area contributed by atoms with Crippen molar-refractivity contribution in [2.45, 2.75) is 63.7 Å². The van der Waals surface area contributed by atoms with Gasteiger partial charge in [0, 0.05) is 22.0 Å². The lowest BCUT2D eigenvalue weighted by Crippen LogP contribution is -2.34. The lowest BCUT2D eigenvalue weighted by molar-refractivity contribution is -0.138. The highest BCUT2D eigenvalue weighted by molar-refractivity contribution is 5.89. The van der Waals surface area contributed by atoms with Crippen LogP contribution in [0.2, 0.25) is 0 Å². The Balaban J connectivity index is 2.28. The van der Waals surface area contributed by atoms with Gasteiger partial charge >= 0.3 is 5.97 Å². The number of hydrogen-bond acceptors (Lipinski definition) is 1. The van der Waals surface area contributed by atoms with E-state index in [1.54, 1.807) is 0 Å². The molecule has 2 atom stereocenters. The van der Waals surface area contributed by atoms with Crippen LogP contribution in [0.5, 0.6) is 0 Å². The number of carbonyl (C=O) groups is 1. The molecule has 0 bridgehead atoms. The SMILES string of the molecule is C=CC[C@@H]1CCC(CC)(CC(=O)O)c2[nH]c3c(CC)cccc3c21. The van der Waals surface area contributed by atoms with E-state index >= 15 is 0 Å². The third-order valence-electron chi connectivity index (χ3n) is 5.87. The summed E-state index contributed by atoms with van der Waals surface area (Å²) in [5, 5.41) is 10.8. The van der Waals surface area contributed by atoms with Crippen LogP contribution in [0, 0.1) is 0 Å². The fraction of sp³-hybridized carbons (Fsp3) is 0.476. The number of carboxylic acids is 1. The molecule has 0 radical (unpaired) electrons. The maximum Gasteiger partial charge on any atom is 0.304 e. The maximum absolute atomic E-state index is 11.6. The summed E-state index contributed by atoms with van der Waals surface area (Å²) >= 11 is 0. The number of nitrogens with one attached hydrogen (secondary N) is 1. The molecular weight excluding hydrogens is 298 g/mol. The van der Waals surface area contributed by atoms with Gasteiger partial charge in [0.2, 0.25) is 0 Å². The number of aromatic amines is 1. The number of carboxylic acid groups (broad SMARTS) is 1. The summed E-state index contributed by atoms with van der Waals surface area (Å²) in [6, 6.07) is 6.48. The van der Waals surface area contributed by atoms with Gasteiger partial charge in [-0.05, 0) is 49.1 Å². The second-order valence-electron chi connectivity index (χ2n) is 7.07. The van der Waals surface area contributed by atoms with Gasteiger partial charge in [0.05, 0.1) is 6.42 Å². The second-order valence-corrected chi connectivity index (χ2v) is 7.07. The van der Waals surface area contributed by atoms with Gasteiger partial charge in [-0.15, -0.1) is 6.58 Å². The van der Waals surface area contributed by atoms with Crippen molar-refractivity contribution in [3.05, 3.63) is 47.7 Å². The first-order valence-corrected chi connectivity index (χ1v) is 9.03. The van der Waals surface area contributed by atoms with E-state index in [0.29, 0.717) is 5.92 Å². The number of rotatable bonds is 6. The average Bonchev–Trinajstić information content (AvgIpc) is 2.97. The molecule has 0 saturated carbocycles. The summed E-state index contributed by atoms with van der Waals surface area (Å²) in [4.78, 5) is 15.2. The molecule has 1 unspecified atom stereocenters. The highest BCUT2D eigenvalue weighted by atomic mass is 16.4. The Morgan fingerprint density at radius 2 is 2.25 bits per heavy atom. The summed E-state index contributed by atoms with van der Waals surface area (Å²) < 4.78 is 0. The van der Waals surface area contributed by atoms with E-state index in [2.05, 4.69) is 43.6 Å². The zero-order chi connectivity index (χ0) is 17.3. The second kappa shape index (κ2) is 6.46. The summed E-state index contributed by atoms with van der Waals surface area (Å²) in [7, 11) is 0. The van der Waals surface area contributed by atoms with Crippen molar-refractivity contribution in [3.63, 3.8) is 0 Å². The van der Waals surface area contributed by atoms with Gasteiger partial charge in [-0.25, -0.2) is 0 Å². The number of para-hydroxylation sites is 1. The van der Waals surface area contributed by atoms with Crippen molar-refractivity contribution < 1.29 is 9.90 Å². The minimum atomic E-state index is -0.709. The van der Waals surface area contributed by atoms with Crippen molar-refractivity contribution >= 4 is 16.9 Å². The molecule has 3 heteroatoms. The van der Waals surface area contributed by atoms with Crippen LogP contribution in [-0.2, 0) is 16.6 Å². The van der Waals surface area contributed by atoms with Gasteiger partial charge in [0.1, 0.15) is 0 Å². The summed E-state index contributed by atoms with van der Waals surface area (Å²) in [5.41, 5.74) is 4.74. The standard InChI is InChI=1S/C21H27NO2/c1-4-8-15-11-12-21(6-3,13-17(23)24)20-18(15)16-10-7-9-14(5-2)19(16)22-20/h4,7,9-10,15,22H,1,5-6,8,11-13H2,2-3H3,(H,23,24)/t15-,21?/m1/s1. The minimum absolute atomic E-state index is 0.200. The molecule has 24 heavy (non-hydrogen) atoms. The van der Waals surface area contributed by atoms with E-state index in [1.807, 2.05) is 6.08 Å². The third kappa shape index (κ3) is 2.56. The molecule has 1 aromatic carbocycles. The van der Waals surface area contributed by atoms with Gasteiger partial charge < -0.3 is 10.1 Å². The lowest BCUT2D eigenvalue weighted by atomic mass is 9.65. The molecule has 0 aliphatic heterocycles. The summed E-state index contributed by atoms with van der Waals surface area (Å²) in [6.45, 7) is 8.21. The molecule has 128 valence electrons. The van der Waals surface area contributed by atoms with E-state index in [-0.39, 0.29) is 11.8 Å². The van der Waals surface area contributed by atoms with Crippen LogP contribution in [0.3, 0.4) is 0 Å². The fourth-order valence-corrected chi connectivity index (χ4v) is 4.54. The highest BCUT2D eigenvalue weighted by Crippen LogP contribution is 2.50. The van der Waals surface area contributed by atoms with E-state index < -0.39 is 5.97 Å². The molecule has 0 fully saturated rings. The normalized spacial score (nSPS) is 23.2. The van der Waals surface area contributed by atoms with E-state index in [1.165, 1.54) is 27.7 Å². The minimum Gasteiger partial charge on any atom is -0.481 e. The Labute approximate surface area is 143 Å². The molecule has 3 nitrogen and oxygen atoms in total. The number of allylic oxidation sites excluding steroid dienone is 1. The molecule has 1 aliphatic rings. The first kappa shape index (κ1) is 16.8. The van der Waals surface area contributed by atoms with Crippen molar-refractivity contribution in [1.29, 1.82) is 0 Å². The third-order valence-corrected chi connectivity index (χ3v) is 5.87. The van der Waals surface area contributed by atoms with Gasteiger partial charge in [-0.1, -0.05) is 38.1 Å². The molecule has 2 aromatic rings. The van der Waals surface area contributed by atoms with Gasteiger partial charge in [0.25, 0.3) is 0 Å². The van der Waals surface area contributed by atoms with Crippen LogP contribution >= 0.6 is 0 Å². The quantitative estimate of drug-likeness (QED) is 0.707. The molecule has 2 N–H and O–H groups in total. The largest absolute Gasteiger partial charge is 0.481 e. The highest BCUT2D eigenvalue weighted by Gasteiger charge is 2.42. The van der Waals surface area contributed by atoms with E-state index in [9.17, 15) is 9.90 Å². The molecule has 3 rings (SSSR count). The number of fused-ring (bicyclic) bond motifs is 3. The Hall–Kier alpha value is -2.03. The predicted molar refractivity (Wildman–Crippen MR) is 98.7 cm³/mol. The monoisotopic (exact) mass is 325 g/mol. The molecule has 1 aromatic heterocycles. The molecule has 1 aliphatic carbocycles. The number of aromatic nitrogens is 1. The molecule has 0 amide bonds. The Morgan fingerprint density at radius 1 is 1.46 bits per heavy atom. The first-order valence-electron chi connectivity index (χ1n) is 9.03. The predicted octanol–water partition coefficient (Wildman–Crippen LogP) is 5.31. The Morgan fingerprint density at radius 3 is 2.88 bits per heavy atom. The van der Waals surface area contributed by atoms with Gasteiger partial charge in [-0.3, -0.25) is 4.79 Å². The first-order chi connectivity index (χ1) is 11.6. The Bertz CT molecular complexity index is 773. The number of benzene rings is 1. The van der Waals surface area contributed by atoms with Crippen LogP contribution in [0.25, 0.3) is 10.9 Å². The average molecular weight is 325 g/mol. The Kier molecular flexibility index (Phi) is 4.53. The van der Waals surface area contributed by atoms with Crippen molar-refractivity contribution in [2.75, 3.05) is 0 Å². The summed E-state index contributed by atoms with van der Waals surface area (Å²) in [5.74, 6) is -0.272. The fourth-order valence-electron chi connectivity index (χ4n) is 4.54. The number of aliphatic carboxylic acids is 1. The van der Waals surface area contributed by atoms with Crippen LogP contribution in [0.4, 0.5) is 0 Å². The number of aryl methyl sites for hydroxylation is 1. The van der Waals surface area contributed by atoms with Crippen LogP contribution in [0.15, 0.2) is 30.9 Å². The molecule has 0 spiro atoms. The topological polar surface area (TPSA) is 53.1 Å². The smallest absolute Gasteiger partial charge is 0.304 e. The van der Waals surface area contributed by atoms with E-state index in [0.717, 1.165) is 32.1 Å². The number of H-pyrrole nitrogens is 1. The molecule has 0 saturated heterocycles. The summed E-state index contributed by atoms with van der Waals surface area (Å²) in [6.07, 6.45) is 6.92. The van der Waals surface area contributed by atoms with Crippen molar-refractivity contribution in [3.8, 4) is 0 Å². The van der Waals surface area contributed by atoms with Crippen molar-refractivity contribution in [1.82, 2.24) is 4.98 Å². The van der Waals surface area contributed by atoms with Crippen LogP contribution in [0.1, 0.15) is 68.7 Å². The number of hydrogen-bond donors (Lipinski definition) is 2. The lowest BCUT2D eigenvalue weighted by Gasteiger charge is -2.38. The molecule has 1 heterocycles. The van der Waals surface area contributed by atoms with Gasteiger partial charge in [-0.2, -0.15) is 0 Å². The molecular formula is C21H27NO2. The zero-order valence-corrected chi connectivity index (χ0v) is 14.7. The van der Waals surface area contributed by atoms with Crippen LogP contribution in [-0.4, -0.2) is 16.1 Å². The van der Waals surface area contributed by atoms with E-state index in [4.69, 9.17) is 0 Å². The van der Waals surface area contributed by atoms with Crippen molar-refractivity contribution in [2.24, 2.45) is 0 Å².